The van der Waals surface area contributed by atoms with Gasteiger partial charge in [0.05, 0.1) is 11.9 Å². The van der Waals surface area contributed by atoms with Gasteiger partial charge < -0.3 is 5.73 Å². The fourth-order valence-electron chi connectivity index (χ4n) is 1.44. The second-order valence-electron chi connectivity index (χ2n) is 3.60. The molecule has 0 saturated heterocycles. The Morgan fingerprint density at radius 1 is 1.58 bits per heavy atom. The van der Waals surface area contributed by atoms with Crippen LogP contribution in [0.2, 0.25) is 0 Å². The molecule has 1 aliphatic rings. The van der Waals surface area contributed by atoms with Crippen molar-refractivity contribution in [1.82, 2.24) is 10.2 Å². The molecule has 0 radical (unpaired) electrons. The predicted octanol–water partition coefficient (Wildman–Crippen LogP) is 0.775. The van der Waals surface area contributed by atoms with Gasteiger partial charge in [-0.3, -0.25) is 0 Å². The summed E-state index contributed by atoms with van der Waals surface area (Å²) < 4.78 is 0. The van der Waals surface area contributed by atoms with Crippen LogP contribution in [-0.2, 0) is 5.41 Å². The van der Waals surface area contributed by atoms with Crippen molar-refractivity contribution in [2.45, 2.75) is 25.2 Å². The minimum atomic E-state index is 0.180. The van der Waals surface area contributed by atoms with Crippen LogP contribution in [0.3, 0.4) is 0 Å². The van der Waals surface area contributed by atoms with Gasteiger partial charge in [0, 0.05) is 12.0 Å². The van der Waals surface area contributed by atoms with E-state index in [0.717, 1.165) is 5.69 Å². The molecule has 12 heavy (non-hydrogen) atoms. The predicted molar refractivity (Wildman–Crippen MR) is 46.7 cm³/mol. The molecule has 0 spiro atoms. The Morgan fingerprint density at radius 3 is 2.83 bits per heavy atom. The lowest BCUT2D eigenvalue weighted by Crippen LogP contribution is -2.21. The summed E-state index contributed by atoms with van der Waals surface area (Å²) in [5.41, 5.74) is 8.10. The number of hydrogen-bond donors (Lipinski definition) is 1. The summed E-state index contributed by atoms with van der Waals surface area (Å²) in [6.45, 7) is 2.73. The molecule has 1 heterocycles. The van der Waals surface area contributed by atoms with Crippen molar-refractivity contribution in [3.05, 3.63) is 23.5 Å². The van der Waals surface area contributed by atoms with Gasteiger partial charge in [-0.25, -0.2) is 0 Å². The summed E-state index contributed by atoms with van der Waals surface area (Å²) in [6.07, 6.45) is 4.11. The smallest absolute Gasteiger partial charge is 0.0708 e. The molecule has 1 aromatic heterocycles. The molecule has 1 aliphatic carbocycles. The third kappa shape index (κ3) is 1.10. The third-order valence-corrected chi connectivity index (χ3v) is 2.58. The molecule has 3 nitrogen and oxygen atoms in total. The van der Waals surface area contributed by atoms with Crippen LogP contribution in [0.15, 0.2) is 12.3 Å². The van der Waals surface area contributed by atoms with Gasteiger partial charge in [-0.15, -0.1) is 0 Å². The van der Waals surface area contributed by atoms with Crippen molar-refractivity contribution in [3.8, 4) is 0 Å². The molecule has 3 heteroatoms. The topological polar surface area (TPSA) is 51.8 Å². The molecule has 2 rings (SSSR count). The Hall–Kier alpha value is -0.960. The molecule has 1 aromatic rings. The maximum atomic E-state index is 5.68. The van der Waals surface area contributed by atoms with E-state index in [1.54, 1.807) is 6.20 Å². The Labute approximate surface area is 72.0 Å². The van der Waals surface area contributed by atoms with E-state index in [1.165, 1.54) is 18.4 Å². The molecule has 0 amide bonds. The number of hydrogen-bond acceptors (Lipinski definition) is 3. The molecule has 1 saturated carbocycles. The highest BCUT2D eigenvalue weighted by Crippen LogP contribution is 2.46. The van der Waals surface area contributed by atoms with Crippen molar-refractivity contribution in [2.24, 2.45) is 5.73 Å². The molecule has 0 unspecified atom stereocenters. The summed E-state index contributed by atoms with van der Waals surface area (Å²) in [7, 11) is 0. The second-order valence-corrected chi connectivity index (χ2v) is 3.60. The summed E-state index contributed by atoms with van der Waals surface area (Å²) in [5.74, 6) is 0. The summed E-state index contributed by atoms with van der Waals surface area (Å²) >= 11 is 0. The number of aryl methyl sites for hydroxylation is 1. The maximum absolute atomic E-state index is 5.68. The second kappa shape index (κ2) is 2.52. The van der Waals surface area contributed by atoms with Gasteiger partial charge >= 0.3 is 0 Å². The minimum absolute atomic E-state index is 0.180. The zero-order chi connectivity index (χ0) is 8.60. The van der Waals surface area contributed by atoms with E-state index in [0.29, 0.717) is 6.54 Å². The van der Waals surface area contributed by atoms with Gasteiger partial charge in [0.25, 0.3) is 0 Å². The normalized spacial score (nSPS) is 19.2. The van der Waals surface area contributed by atoms with Crippen molar-refractivity contribution < 1.29 is 0 Å². The van der Waals surface area contributed by atoms with Crippen molar-refractivity contribution in [3.63, 3.8) is 0 Å². The first-order valence-corrected chi connectivity index (χ1v) is 4.27. The minimum Gasteiger partial charge on any atom is -0.330 e. The van der Waals surface area contributed by atoms with Crippen molar-refractivity contribution in [1.29, 1.82) is 0 Å². The van der Waals surface area contributed by atoms with Crippen LogP contribution >= 0.6 is 0 Å². The van der Waals surface area contributed by atoms with E-state index >= 15 is 0 Å². The van der Waals surface area contributed by atoms with Crippen LogP contribution in [0.5, 0.6) is 0 Å². The van der Waals surface area contributed by atoms with Crippen LogP contribution in [0.4, 0.5) is 0 Å². The lowest BCUT2D eigenvalue weighted by Gasteiger charge is -2.10. The van der Waals surface area contributed by atoms with Crippen LogP contribution in [0.25, 0.3) is 0 Å². The zero-order valence-electron chi connectivity index (χ0n) is 7.25. The SMILES string of the molecule is Cc1cnnc(C2(CN)CC2)c1. The zero-order valence-corrected chi connectivity index (χ0v) is 7.25. The lowest BCUT2D eigenvalue weighted by atomic mass is 10.0. The largest absolute Gasteiger partial charge is 0.330 e. The van der Waals surface area contributed by atoms with Gasteiger partial charge in [-0.05, 0) is 31.4 Å². The highest BCUT2D eigenvalue weighted by atomic mass is 15.1. The first-order valence-electron chi connectivity index (χ1n) is 4.27. The summed E-state index contributed by atoms with van der Waals surface area (Å²) in [5, 5.41) is 8.05. The lowest BCUT2D eigenvalue weighted by molar-refractivity contribution is 0.660. The van der Waals surface area contributed by atoms with Crippen LogP contribution in [0, 0.1) is 6.92 Å². The molecule has 64 valence electrons. The Kier molecular flexibility index (Phi) is 1.61. The molecule has 0 aromatic carbocycles. The van der Waals surface area contributed by atoms with Crippen LogP contribution in [-0.4, -0.2) is 16.7 Å². The van der Waals surface area contributed by atoms with E-state index in [9.17, 15) is 0 Å². The maximum Gasteiger partial charge on any atom is 0.0708 e. The van der Waals surface area contributed by atoms with Crippen molar-refractivity contribution >= 4 is 0 Å². The van der Waals surface area contributed by atoms with Crippen LogP contribution in [0.1, 0.15) is 24.1 Å². The van der Waals surface area contributed by atoms with E-state index in [1.807, 2.05) is 6.92 Å². The third-order valence-electron chi connectivity index (χ3n) is 2.58. The fraction of sp³-hybridized carbons (Fsp3) is 0.556. The van der Waals surface area contributed by atoms with Gasteiger partial charge in [0.15, 0.2) is 0 Å². The van der Waals surface area contributed by atoms with E-state index in [2.05, 4.69) is 16.3 Å². The number of rotatable bonds is 2. The molecule has 0 bridgehead atoms. The summed E-state index contributed by atoms with van der Waals surface area (Å²) in [6, 6.07) is 2.09. The van der Waals surface area contributed by atoms with E-state index < -0.39 is 0 Å². The summed E-state index contributed by atoms with van der Waals surface area (Å²) in [4.78, 5) is 0. The van der Waals surface area contributed by atoms with Gasteiger partial charge in [0.1, 0.15) is 0 Å². The monoisotopic (exact) mass is 163 g/mol. The average molecular weight is 163 g/mol. The van der Waals surface area contributed by atoms with E-state index in [4.69, 9.17) is 5.73 Å². The molecular formula is C9H13N3. The molecular weight excluding hydrogens is 150 g/mol. The van der Waals surface area contributed by atoms with Gasteiger partial charge in [-0.1, -0.05) is 0 Å². The first kappa shape index (κ1) is 7.68. The Morgan fingerprint density at radius 2 is 2.33 bits per heavy atom. The molecule has 0 aliphatic heterocycles. The molecule has 1 fully saturated rings. The first-order chi connectivity index (χ1) is 5.77. The number of aromatic nitrogens is 2. The van der Waals surface area contributed by atoms with E-state index in [-0.39, 0.29) is 5.41 Å². The van der Waals surface area contributed by atoms with Gasteiger partial charge in [0.2, 0.25) is 0 Å². The Bertz CT molecular complexity index is 292. The Balaban J connectivity index is 2.34. The standard InChI is InChI=1S/C9H13N3/c1-7-4-8(12-11-5-7)9(6-10)2-3-9/h4-5H,2-3,6,10H2,1H3. The van der Waals surface area contributed by atoms with Gasteiger partial charge in [-0.2, -0.15) is 10.2 Å². The number of nitrogens with two attached hydrogens (primary N) is 1. The highest BCUT2D eigenvalue weighted by molar-refractivity contribution is 5.26. The quantitative estimate of drug-likeness (QED) is 0.700. The fourth-order valence-corrected chi connectivity index (χ4v) is 1.44. The number of nitrogens with zero attached hydrogens (tertiary/aromatic N) is 2. The molecule has 2 N–H and O–H groups in total. The highest BCUT2D eigenvalue weighted by Gasteiger charge is 2.44. The molecule has 0 atom stereocenters. The van der Waals surface area contributed by atoms with Crippen LogP contribution < -0.4 is 5.73 Å². The van der Waals surface area contributed by atoms with Crippen molar-refractivity contribution in [2.75, 3.05) is 6.54 Å². The average Bonchev–Trinajstić information content (AvgIpc) is 2.84.